The Balaban J connectivity index is 1.67. The van der Waals surface area contributed by atoms with Crippen LogP contribution in [0.5, 0.6) is 0 Å². The van der Waals surface area contributed by atoms with E-state index >= 15 is 0 Å². The van der Waals surface area contributed by atoms with Crippen LogP contribution < -0.4 is 5.32 Å². The highest BCUT2D eigenvalue weighted by atomic mass is 79.9. The Labute approximate surface area is 280 Å². The van der Waals surface area contributed by atoms with Crippen molar-refractivity contribution in [2.45, 2.75) is 93.5 Å². The van der Waals surface area contributed by atoms with E-state index < -0.39 is 53.6 Å². The fraction of sp³-hybridized carbons (Fsp3) is 0.600. The van der Waals surface area contributed by atoms with E-state index in [2.05, 4.69) is 41.3 Å². The van der Waals surface area contributed by atoms with Crippen molar-refractivity contribution in [2.75, 3.05) is 26.2 Å². The zero-order valence-corrected chi connectivity index (χ0v) is 28.5. The van der Waals surface area contributed by atoms with Crippen LogP contribution in [0.15, 0.2) is 55.6 Å². The molecule has 3 aliphatic rings. The third-order valence-corrected chi connectivity index (χ3v) is 10.2. The average Bonchev–Trinajstić information content (AvgIpc) is 3.64. The molecule has 46 heavy (non-hydrogen) atoms. The van der Waals surface area contributed by atoms with Crippen molar-refractivity contribution in [3.05, 3.63) is 61.2 Å². The number of benzene rings is 1. The molecule has 3 heterocycles. The van der Waals surface area contributed by atoms with Crippen LogP contribution in [0, 0.1) is 11.8 Å². The lowest BCUT2D eigenvalue weighted by molar-refractivity contribution is -0.160. The topological polar surface area (TPSA) is 125 Å². The fourth-order valence-electron chi connectivity index (χ4n) is 7.22. The molecule has 1 spiro atoms. The van der Waals surface area contributed by atoms with E-state index in [9.17, 15) is 24.3 Å². The highest BCUT2D eigenvalue weighted by Gasteiger charge is 2.77. The number of hydrogen-bond donors (Lipinski definition) is 2. The molecule has 11 heteroatoms. The van der Waals surface area contributed by atoms with Crippen LogP contribution in [0.4, 0.5) is 0 Å². The predicted molar refractivity (Wildman–Crippen MR) is 178 cm³/mol. The van der Waals surface area contributed by atoms with Gasteiger partial charge in [0, 0.05) is 24.3 Å². The van der Waals surface area contributed by atoms with Crippen LogP contribution in [0.3, 0.4) is 0 Å². The van der Waals surface area contributed by atoms with Gasteiger partial charge in [-0.3, -0.25) is 19.2 Å². The molecule has 2 N–H and O–H groups in total. The Bertz CT molecular complexity index is 1260. The van der Waals surface area contributed by atoms with Crippen molar-refractivity contribution in [3.63, 3.8) is 0 Å². The minimum Gasteiger partial charge on any atom is -0.460 e. The first-order chi connectivity index (χ1) is 22.1. The summed E-state index contributed by atoms with van der Waals surface area (Å²) >= 11 is 3.70. The van der Waals surface area contributed by atoms with Gasteiger partial charge in [0.15, 0.2) is 0 Å². The fourth-order valence-corrected chi connectivity index (χ4v) is 8.16. The molecule has 10 nitrogen and oxygen atoms in total. The molecule has 1 aromatic carbocycles. The Morgan fingerprint density at radius 2 is 1.98 bits per heavy atom. The zero-order valence-electron chi connectivity index (χ0n) is 26.9. The van der Waals surface area contributed by atoms with E-state index in [1.165, 1.54) is 4.90 Å². The largest absolute Gasteiger partial charge is 0.460 e. The Kier molecular flexibility index (Phi) is 12.6. The molecule has 3 fully saturated rings. The van der Waals surface area contributed by atoms with Gasteiger partial charge in [-0.2, -0.15) is 0 Å². The number of aliphatic hydroxyl groups excluding tert-OH is 1. The molecule has 1 aromatic rings. The SMILES string of the molecule is C=CCCC(=O)NC[C@@H](C)OC(=O)[C@H]1[C@@H]2O[C@@]3(CC2Br)[C@@H]1C(=O)N([C@@H](CO)Cc1ccccc1)[C@@H]3C(=O)N(CC=C)CCCCC. The van der Waals surface area contributed by atoms with Crippen LogP contribution in [0.1, 0.15) is 57.9 Å². The number of carbonyl (C=O) groups excluding carboxylic acids is 4. The van der Waals surface area contributed by atoms with Gasteiger partial charge in [0.25, 0.3) is 0 Å². The highest BCUT2D eigenvalue weighted by Crippen LogP contribution is 2.60. The second-order valence-electron chi connectivity index (χ2n) is 12.6. The Morgan fingerprint density at radius 1 is 1.24 bits per heavy atom. The molecule has 4 rings (SSSR count). The van der Waals surface area contributed by atoms with Gasteiger partial charge in [-0.15, -0.1) is 13.2 Å². The maximum Gasteiger partial charge on any atom is 0.312 e. The van der Waals surface area contributed by atoms with Gasteiger partial charge in [-0.05, 0) is 38.2 Å². The van der Waals surface area contributed by atoms with Crippen molar-refractivity contribution in [1.29, 1.82) is 0 Å². The molecule has 3 saturated heterocycles. The summed E-state index contributed by atoms with van der Waals surface area (Å²) in [5, 5.41) is 13.5. The summed E-state index contributed by atoms with van der Waals surface area (Å²) in [6.07, 6.45) is 6.22. The maximum absolute atomic E-state index is 14.6. The lowest BCUT2D eigenvalue weighted by atomic mass is 9.70. The highest BCUT2D eigenvalue weighted by molar-refractivity contribution is 9.09. The number of fused-ring (bicyclic) bond motifs is 1. The van der Waals surface area contributed by atoms with Crippen molar-refractivity contribution in [1.82, 2.24) is 15.1 Å². The molecular weight excluding hydrogens is 654 g/mol. The number of unbranched alkanes of at least 4 members (excludes halogenated alkanes) is 2. The van der Waals surface area contributed by atoms with Gasteiger partial charge in [0.05, 0.1) is 37.1 Å². The number of halogens is 1. The monoisotopic (exact) mass is 701 g/mol. The summed E-state index contributed by atoms with van der Waals surface area (Å²) < 4.78 is 12.4. The number of nitrogens with zero attached hydrogens (tertiary/aromatic N) is 2. The summed E-state index contributed by atoms with van der Waals surface area (Å²) in [6, 6.07) is 7.75. The molecule has 3 aliphatic heterocycles. The number of hydrogen-bond acceptors (Lipinski definition) is 7. The number of likely N-dealkylation sites (tertiary alicyclic amines) is 1. The van der Waals surface area contributed by atoms with Crippen LogP contribution in [-0.2, 0) is 35.1 Å². The summed E-state index contributed by atoms with van der Waals surface area (Å²) in [6.45, 7) is 11.8. The molecule has 0 radical (unpaired) electrons. The molecule has 0 aromatic heterocycles. The summed E-state index contributed by atoms with van der Waals surface area (Å²) in [7, 11) is 0. The smallest absolute Gasteiger partial charge is 0.312 e. The first kappa shape index (κ1) is 35.8. The van der Waals surface area contributed by atoms with E-state index in [0.29, 0.717) is 32.4 Å². The Morgan fingerprint density at radius 3 is 2.63 bits per heavy atom. The third-order valence-electron chi connectivity index (χ3n) is 9.32. The van der Waals surface area contributed by atoms with Crippen LogP contribution in [-0.4, -0.2) is 99.6 Å². The molecule has 3 amide bonds. The van der Waals surface area contributed by atoms with Crippen LogP contribution >= 0.6 is 15.9 Å². The van der Waals surface area contributed by atoms with Crippen molar-refractivity contribution in [2.24, 2.45) is 11.8 Å². The predicted octanol–water partition coefficient (Wildman–Crippen LogP) is 3.56. The third kappa shape index (κ3) is 7.42. The summed E-state index contributed by atoms with van der Waals surface area (Å²) in [5.41, 5.74) is -0.378. The molecule has 1 unspecified atom stereocenters. The van der Waals surface area contributed by atoms with E-state index in [4.69, 9.17) is 9.47 Å². The number of esters is 1. The quantitative estimate of drug-likeness (QED) is 0.104. The lowest BCUT2D eigenvalue weighted by Gasteiger charge is -2.39. The van der Waals surface area contributed by atoms with Crippen LogP contribution in [0.2, 0.25) is 0 Å². The van der Waals surface area contributed by atoms with Gasteiger partial charge in [-0.25, -0.2) is 0 Å². The van der Waals surface area contributed by atoms with E-state index in [1.807, 2.05) is 30.3 Å². The van der Waals surface area contributed by atoms with Gasteiger partial charge in [0.2, 0.25) is 17.7 Å². The number of ether oxygens (including phenoxy) is 2. The molecule has 252 valence electrons. The second-order valence-corrected chi connectivity index (χ2v) is 13.8. The van der Waals surface area contributed by atoms with Crippen molar-refractivity contribution in [3.8, 4) is 0 Å². The van der Waals surface area contributed by atoms with Crippen molar-refractivity contribution < 1.29 is 33.8 Å². The number of aliphatic hydroxyl groups is 1. The molecule has 0 aliphatic carbocycles. The second kappa shape index (κ2) is 16.2. The summed E-state index contributed by atoms with van der Waals surface area (Å²) in [5.74, 6) is -3.38. The zero-order chi connectivity index (χ0) is 33.4. The Hall–Kier alpha value is -3.02. The van der Waals surface area contributed by atoms with Crippen molar-refractivity contribution >= 4 is 39.6 Å². The number of rotatable bonds is 18. The maximum atomic E-state index is 14.6. The van der Waals surface area contributed by atoms with E-state index in [1.54, 1.807) is 24.0 Å². The molecule has 2 bridgehead atoms. The average molecular weight is 703 g/mol. The van der Waals surface area contributed by atoms with Gasteiger partial charge >= 0.3 is 5.97 Å². The van der Waals surface area contributed by atoms with Gasteiger partial charge < -0.3 is 29.7 Å². The van der Waals surface area contributed by atoms with Gasteiger partial charge in [0.1, 0.15) is 17.7 Å². The number of carbonyl (C=O) groups is 4. The number of allylic oxidation sites excluding steroid dienone is 1. The molecule has 0 saturated carbocycles. The molecular formula is C35H48BrN3O7. The standard InChI is InChI=1S/C35H48BrN3O7/c1-5-8-13-18-38(17-7-3)33(43)31-35-20-26(36)30(46-35)28(34(44)45-23(4)21-37-27(41)16-9-6-2)29(35)32(42)39(31)25(22-40)19-24-14-11-10-12-15-24/h6-7,10-12,14-15,23,25-26,28-31,40H,2-3,5,8-9,13,16-22H2,1,4H3,(H,37,41)/t23-,25-,26?,28-,29+,30-,31-,35+/m1/s1. The minimum absolute atomic E-state index is 0.118. The first-order valence-corrected chi connectivity index (χ1v) is 17.3. The van der Waals surface area contributed by atoms with E-state index in [-0.39, 0.29) is 36.2 Å². The number of amides is 3. The minimum atomic E-state index is -1.28. The van der Waals surface area contributed by atoms with Crippen LogP contribution in [0.25, 0.3) is 0 Å². The normalized spacial score (nSPS) is 27.5. The van der Waals surface area contributed by atoms with Gasteiger partial charge in [-0.1, -0.05) is 78.2 Å². The van der Waals surface area contributed by atoms with E-state index in [0.717, 1.165) is 24.8 Å². The lowest BCUT2D eigenvalue weighted by Crippen LogP contribution is -2.59. The first-order valence-electron chi connectivity index (χ1n) is 16.4. The summed E-state index contributed by atoms with van der Waals surface area (Å²) in [4.78, 5) is 58.1. The molecule has 8 atom stereocenters. The number of nitrogens with one attached hydrogen (secondary N) is 1. The number of alkyl halides is 1.